The standard InChI is InChI=1S/C13H23N3O/c1-4-14-12(11-7-9-15-16(11)3)13(2)8-5-6-10-17-13/h7,9,12,14H,4-6,8,10H2,1-3H3. The summed E-state index contributed by atoms with van der Waals surface area (Å²) in [6.07, 6.45) is 5.39. The van der Waals surface area contributed by atoms with Gasteiger partial charge in [-0.2, -0.15) is 5.10 Å². The highest BCUT2D eigenvalue weighted by molar-refractivity contribution is 5.13. The Morgan fingerprint density at radius 2 is 2.41 bits per heavy atom. The van der Waals surface area contributed by atoms with Crippen molar-refractivity contribution in [1.82, 2.24) is 15.1 Å². The van der Waals surface area contributed by atoms with Gasteiger partial charge in [0, 0.05) is 19.9 Å². The fourth-order valence-corrected chi connectivity index (χ4v) is 2.69. The van der Waals surface area contributed by atoms with Crippen molar-refractivity contribution >= 4 is 0 Å². The van der Waals surface area contributed by atoms with Gasteiger partial charge in [-0.3, -0.25) is 4.68 Å². The van der Waals surface area contributed by atoms with E-state index in [1.54, 1.807) is 0 Å². The van der Waals surface area contributed by atoms with Crippen LogP contribution in [0.5, 0.6) is 0 Å². The maximum Gasteiger partial charge on any atom is 0.0863 e. The summed E-state index contributed by atoms with van der Waals surface area (Å²) in [5.74, 6) is 0. The Balaban J connectivity index is 2.25. The van der Waals surface area contributed by atoms with Crippen LogP contribution in [0.4, 0.5) is 0 Å². The lowest BCUT2D eigenvalue weighted by atomic mass is 9.86. The maximum atomic E-state index is 6.06. The average Bonchev–Trinajstić information content (AvgIpc) is 2.73. The van der Waals surface area contributed by atoms with Crippen LogP contribution in [0.3, 0.4) is 0 Å². The minimum Gasteiger partial charge on any atom is -0.373 e. The number of rotatable bonds is 4. The van der Waals surface area contributed by atoms with Crippen LogP contribution in [0.15, 0.2) is 12.3 Å². The molecular weight excluding hydrogens is 214 g/mol. The fourth-order valence-electron chi connectivity index (χ4n) is 2.69. The summed E-state index contributed by atoms with van der Waals surface area (Å²) in [5, 5.41) is 7.82. The molecule has 2 rings (SSSR count). The van der Waals surface area contributed by atoms with Gasteiger partial charge < -0.3 is 10.1 Å². The molecule has 1 saturated heterocycles. The molecule has 1 aromatic rings. The van der Waals surface area contributed by atoms with Crippen LogP contribution in [0.2, 0.25) is 0 Å². The van der Waals surface area contributed by atoms with Gasteiger partial charge in [0.25, 0.3) is 0 Å². The van der Waals surface area contributed by atoms with Crippen molar-refractivity contribution in [2.24, 2.45) is 7.05 Å². The lowest BCUT2D eigenvalue weighted by Crippen LogP contribution is -2.46. The van der Waals surface area contributed by atoms with Crippen molar-refractivity contribution in [1.29, 1.82) is 0 Å². The van der Waals surface area contributed by atoms with E-state index in [2.05, 4.69) is 30.3 Å². The first-order chi connectivity index (χ1) is 8.17. The Bertz CT molecular complexity index is 355. The van der Waals surface area contributed by atoms with Crippen molar-refractivity contribution in [3.05, 3.63) is 18.0 Å². The predicted octanol–water partition coefficient (Wildman–Crippen LogP) is 2.03. The molecule has 1 aliphatic rings. The van der Waals surface area contributed by atoms with Gasteiger partial charge in [-0.15, -0.1) is 0 Å². The summed E-state index contributed by atoms with van der Waals surface area (Å²) in [6, 6.07) is 2.30. The highest BCUT2D eigenvalue weighted by atomic mass is 16.5. The number of aryl methyl sites for hydroxylation is 1. The average molecular weight is 237 g/mol. The second-order valence-electron chi connectivity index (χ2n) is 4.99. The summed E-state index contributed by atoms with van der Waals surface area (Å²) in [5.41, 5.74) is 1.10. The van der Waals surface area contributed by atoms with E-state index in [4.69, 9.17) is 4.74 Å². The van der Waals surface area contributed by atoms with E-state index in [1.807, 2.05) is 17.9 Å². The molecule has 2 heterocycles. The van der Waals surface area contributed by atoms with Gasteiger partial charge in [-0.25, -0.2) is 0 Å². The molecule has 1 aliphatic heterocycles. The molecule has 4 nitrogen and oxygen atoms in total. The molecule has 0 saturated carbocycles. The highest BCUT2D eigenvalue weighted by Gasteiger charge is 2.38. The van der Waals surface area contributed by atoms with E-state index < -0.39 is 0 Å². The molecule has 0 amide bonds. The van der Waals surface area contributed by atoms with Crippen molar-refractivity contribution < 1.29 is 4.74 Å². The summed E-state index contributed by atoms with van der Waals surface area (Å²) < 4.78 is 8.00. The summed E-state index contributed by atoms with van der Waals surface area (Å²) in [6.45, 7) is 6.16. The van der Waals surface area contributed by atoms with Crippen molar-refractivity contribution in [3.63, 3.8) is 0 Å². The quantitative estimate of drug-likeness (QED) is 0.871. The molecule has 0 radical (unpaired) electrons. The SMILES string of the molecule is CCNC(c1ccnn1C)C1(C)CCCCO1. The van der Waals surface area contributed by atoms with Crippen LogP contribution in [0, 0.1) is 0 Å². The zero-order valence-corrected chi connectivity index (χ0v) is 11.1. The van der Waals surface area contributed by atoms with Gasteiger partial charge in [-0.1, -0.05) is 6.92 Å². The number of nitrogens with zero attached hydrogens (tertiary/aromatic N) is 2. The predicted molar refractivity (Wildman–Crippen MR) is 67.8 cm³/mol. The molecule has 17 heavy (non-hydrogen) atoms. The molecule has 0 aliphatic carbocycles. The Morgan fingerprint density at radius 3 is 2.94 bits per heavy atom. The van der Waals surface area contributed by atoms with Crippen LogP contribution in [-0.4, -0.2) is 28.5 Å². The zero-order chi connectivity index (χ0) is 12.3. The normalized spacial score (nSPS) is 27.0. The lowest BCUT2D eigenvalue weighted by Gasteiger charge is -2.41. The number of ether oxygens (including phenoxy) is 1. The number of hydrogen-bond donors (Lipinski definition) is 1. The Hall–Kier alpha value is -0.870. The third kappa shape index (κ3) is 2.53. The Morgan fingerprint density at radius 1 is 1.59 bits per heavy atom. The molecule has 96 valence electrons. The maximum absolute atomic E-state index is 6.06. The van der Waals surface area contributed by atoms with Crippen LogP contribution in [0.1, 0.15) is 44.8 Å². The summed E-state index contributed by atoms with van der Waals surface area (Å²) in [7, 11) is 1.99. The minimum absolute atomic E-state index is 0.109. The minimum atomic E-state index is -0.109. The van der Waals surface area contributed by atoms with E-state index in [0.29, 0.717) is 0 Å². The molecule has 0 bridgehead atoms. The second-order valence-corrected chi connectivity index (χ2v) is 4.99. The van der Waals surface area contributed by atoms with Crippen molar-refractivity contribution in [2.45, 2.75) is 44.8 Å². The van der Waals surface area contributed by atoms with Crippen LogP contribution >= 0.6 is 0 Å². The van der Waals surface area contributed by atoms with Crippen LogP contribution < -0.4 is 5.32 Å². The molecule has 0 spiro atoms. The molecule has 2 atom stereocenters. The number of aromatic nitrogens is 2. The Labute approximate surface area is 103 Å². The third-order valence-electron chi connectivity index (χ3n) is 3.67. The first-order valence-corrected chi connectivity index (χ1v) is 6.52. The third-order valence-corrected chi connectivity index (χ3v) is 3.67. The number of nitrogens with one attached hydrogen (secondary N) is 1. The Kier molecular flexibility index (Phi) is 3.84. The molecule has 4 heteroatoms. The van der Waals surface area contributed by atoms with E-state index in [1.165, 1.54) is 18.5 Å². The first-order valence-electron chi connectivity index (χ1n) is 6.52. The molecule has 1 aromatic heterocycles. The lowest BCUT2D eigenvalue weighted by molar-refractivity contribution is -0.0909. The topological polar surface area (TPSA) is 39.1 Å². The van der Waals surface area contributed by atoms with Crippen molar-refractivity contribution in [3.8, 4) is 0 Å². The zero-order valence-electron chi connectivity index (χ0n) is 11.1. The van der Waals surface area contributed by atoms with Gasteiger partial charge in [-0.05, 0) is 38.8 Å². The fraction of sp³-hybridized carbons (Fsp3) is 0.769. The van der Waals surface area contributed by atoms with E-state index in [9.17, 15) is 0 Å². The molecule has 1 N–H and O–H groups in total. The van der Waals surface area contributed by atoms with Gasteiger partial charge in [0.15, 0.2) is 0 Å². The number of likely N-dealkylation sites (N-methyl/N-ethyl adjacent to an activating group) is 1. The van der Waals surface area contributed by atoms with E-state index in [0.717, 1.165) is 19.6 Å². The summed E-state index contributed by atoms with van der Waals surface area (Å²) >= 11 is 0. The van der Waals surface area contributed by atoms with Gasteiger partial charge in [0.1, 0.15) is 0 Å². The second kappa shape index (κ2) is 5.19. The first kappa shape index (κ1) is 12.6. The molecule has 0 aromatic carbocycles. The van der Waals surface area contributed by atoms with E-state index >= 15 is 0 Å². The monoisotopic (exact) mass is 237 g/mol. The molecule has 2 unspecified atom stereocenters. The molecular formula is C13H23N3O. The number of hydrogen-bond acceptors (Lipinski definition) is 3. The van der Waals surface area contributed by atoms with Gasteiger partial charge in [0.05, 0.1) is 17.3 Å². The largest absolute Gasteiger partial charge is 0.373 e. The van der Waals surface area contributed by atoms with E-state index in [-0.39, 0.29) is 11.6 Å². The van der Waals surface area contributed by atoms with Crippen LogP contribution in [0.25, 0.3) is 0 Å². The smallest absolute Gasteiger partial charge is 0.0863 e. The highest BCUT2D eigenvalue weighted by Crippen LogP contribution is 2.36. The van der Waals surface area contributed by atoms with Crippen LogP contribution in [-0.2, 0) is 11.8 Å². The summed E-state index contributed by atoms with van der Waals surface area (Å²) in [4.78, 5) is 0. The van der Waals surface area contributed by atoms with Crippen molar-refractivity contribution in [2.75, 3.05) is 13.2 Å². The van der Waals surface area contributed by atoms with Gasteiger partial charge in [0.2, 0.25) is 0 Å². The van der Waals surface area contributed by atoms with Gasteiger partial charge >= 0.3 is 0 Å². The molecule has 1 fully saturated rings.